The molecule has 18 heavy (non-hydrogen) atoms. The van der Waals surface area contributed by atoms with Gasteiger partial charge in [0.25, 0.3) is 0 Å². The van der Waals surface area contributed by atoms with E-state index in [-0.39, 0.29) is 0 Å². The summed E-state index contributed by atoms with van der Waals surface area (Å²) in [6, 6.07) is 12.8. The molecule has 3 N–H and O–H groups in total. The molecule has 0 amide bonds. The molecule has 0 bridgehead atoms. The van der Waals surface area contributed by atoms with Crippen LogP contribution in [0.2, 0.25) is 0 Å². The van der Waals surface area contributed by atoms with Gasteiger partial charge in [-0.2, -0.15) is 0 Å². The first-order valence-electron chi connectivity index (χ1n) is 5.69. The van der Waals surface area contributed by atoms with E-state index in [4.69, 9.17) is 5.84 Å². The molecule has 0 unspecified atom stereocenters. The molecule has 90 valence electrons. The number of thiazole rings is 1. The fraction of sp³-hybridized carbons (Fsp3) is 0.0714. The zero-order valence-electron chi connectivity index (χ0n) is 9.97. The minimum Gasteiger partial charge on any atom is -0.300 e. The number of anilines is 1. The summed E-state index contributed by atoms with van der Waals surface area (Å²) < 4.78 is 0. The number of fused-ring (bicyclic) bond motifs is 1. The van der Waals surface area contributed by atoms with Crippen LogP contribution < -0.4 is 11.3 Å². The van der Waals surface area contributed by atoms with Crippen LogP contribution in [0.4, 0.5) is 5.13 Å². The Labute approximate surface area is 109 Å². The third kappa shape index (κ3) is 1.96. The van der Waals surface area contributed by atoms with Gasteiger partial charge in [-0.25, -0.2) is 10.8 Å². The molecule has 0 aliphatic heterocycles. The molecule has 2 aromatic carbocycles. The SMILES string of the molecule is Cc1ccc2cc(-c3csc(NN)n3)ccc2c1. The highest BCUT2D eigenvalue weighted by Crippen LogP contribution is 2.27. The molecule has 0 saturated heterocycles. The van der Waals surface area contributed by atoms with Crippen molar-refractivity contribution in [3.63, 3.8) is 0 Å². The van der Waals surface area contributed by atoms with Crippen LogP contribution in [0.5, 0.6) is 0 Å². The van der Waals surface area contributed by atoms with Crippen molar-refractivity contribution in [3.8, 4) is 11.3 Å². The average molecular weight is 255 g/mol. The molecule has 0 radical (unpaired) electrons. The highest BCUT2D eigenvalue weighted by molar-refractivity contribution is 7.14. The molecule has 0 aliphatic carbocycles. The Kier molecular flexibility index (Phi) is 2.74. The lowest BCUT2D eigenvalue weighted by Gasteiger charge is -2.02. The van der Waals surface area contributed by atoms with Gasteiger partial charge in [-0.3, -0.25) is 5.43 Å². The fourth-order valence-electron chi connectivity index (χ4n) is 2.00. The zero-order valence-corrected chi connectivity index (χ0v) is 10.8. The number of nitrogens with one attached hydrogen (secondary N) is 1. The number of aromatic nitrogens is 1. The predicted octanol–water partition coefficient (Wildman–Crippen LogP) is 3.56. The van der Waals surface area contributed by atoms with Gasteiger partial charge in [0.1, 0.15) is 0 Å². The highest BCUT2D eigenvalue weighted by atomic mass is 32.1. The van der Waals surface area contributed by atoms with Crippen LogP contribution in [0.3, 0.4) is 0 Å². The average Bonchev–Trinajstić information content (AvgIpc) is 2.87. The van der Waals surface area contributed by atoms with Gasteiger partial charge in [-0.15, -0.1) is 11.3 Å². The van der Waals surface area contributed by atoms with E-state index in [1.807, 2.05) is 5.38 Å². The van der Waals surface area contributed by atoms with Crippen LogP contribution in [-0.4, -0.2) is 4.98 Å². The van der Waals surface area contributed by atoms with Gasteiger partial charge < -0.3 is 0 Å². The number of benzene rings is 2. The second-order valence-corrected chi connectivity index (χ2v) is 5.11. The molecule has 3 nitrogen and oxygen atoms in total. The van der Waals surface area contributed by atoms with Crippen molar-refractivity contribution in [3.05, 3.63) is 47.3 Å². The van der Waals surface area contributed by atoms with Crippen molar-refractivity contribution in [2.45, 2.75) is 6.92 Å². The summed E-state index contributed by atoms with van der Waals surface area (Å²) >= 11 is 1.50. The van der Waals surface area contributed by atoms with Crippen LogP contribution >= 0.6 is 11.3 Å². The molecule has 0 atom stereocenters. The van der Waals surface area contributed by atoms with E-state index in [1.54, 1.807) is 0 Å². The number of nitrogen functional groups attached to an aromatic ring is 1. The summed E-state index contributed by atoms with van der Waals surface area (Å²) in [5.74, 6) is 5.35. The van der Waals surface area contributed by atoms with Crippen molar-refractivity contribution in [1.82, 2.24) is 4.98 Å². The molecular weight excluding hydrogens is 242 g/mol. The maximum absolute atomic E-state index is 5.35. The second kappa shape index (κ2) is 4.40. The van der Waals surface area contributed by atoms with Crippen molar-refractivity contribution < 1.29 is 0 Å². The Hall–Kier alpha value is -1.91. The van der Waals surface area contributed by atoms with Crippen LogP contribution in [0, 0.1) is 6.92 Å². The molecule has 0 aliphatic rings. The normalized spacial score (nSPS) is 10.8. The van der Waals surface area contributed by atoms with Gasteiger partial charge in [0.2, 0.25) is 0 Å². The summed E-state index contributed by atoms with van der Waals surface area (Å²) in [7, 11) is 0. The lowest BCUT2D eigenvalue weighted by molar-refractivity contribution is 1.29. The molecule has 0 saturated carbocycles. The molecule has 4 heteroatoms. The Bertz CT molecular complexity index is 703. The minimum absolute atomic E-state index is 0.731. The van der Waals surface area contributed by atoms with E-state index in [1.165, 1.54) is 27.7 Å². The molecule has 3 aromatic rings. The van der Waals surface area contributed by atoms with Crippen molar-refractivity contribution >= 4 is 27.2 Å². The summed E-state index contributed by atoms with van der Waals surface area (Å²) in [6.07, 6.45) is 0. The molecule has 3 rings (SSSR count). The van der Waals surface area contributed by atoms with Crippen molar-refractivity contribution in [2.24, 2.45) is 5.84 Å². The first-order valence-corrected chi connectivity index (χ1v) is 6.57. The van der Waals surface area contributed by atoms with Gasteiger partial charge in [0.15, 0.2) is 5.13 Å². The zero-order chi connectivity index (χ0) is 12.5. The Balaban J connectivity index is 2.10. The smallest absolute Gasteiger partial charge is 0.197 e. The third-order valence-electron chi connectivity index (χ3n) is 2.92. The molecule has 0 spiro atoms. The highest BCUT2D eigenvalue weighted by Gasteiger charge is 2.04. The topological polar surface area (TPSA) is 50.9 Å². The number of hydrazine groups is 1. The van der Waals surface area contributed by atoms with Crippen molar-refractivity contribution in [2.75, 3.05) is 5.43 Å². The van der Waals surface area contributed by atoms with E-state index in [9.17, 15) is 0 Å². The Morgan fingerprint density at radius 1 is 1.11 bits per heavy atom. The van der Waals surface area contributed by atoms with E-state index in [0.717, 1.165) is 16.4 Å². The van der Waals surface area contributed by atoms with Gasteiger partial charge in [-0.05, 0) is 23.8 Å². The third-order valence-corrected chi connectivity index (χ3v) is 3.69. The number of nitrogens with zero attached hydrogens (tertiary/aromatic N) is 1. The summed E-state index contributed by atoms with van der Waals surface area (Å²) in [5.41, 5.74) is 5.91. The number of rotatable bonds is 2. The number of nitrogens with two attached hydrogens (primary N) is 1. The second-order valence-electron chi connectivity index (χ2n) is 4.25. The molecule has 1 aromatic heterocycles. The number of hydrogen-bond donors (Lipinski definition) is 2. The van der Waals surface area contributed by atoms with Gasteiger partial charge in [0.05, 0.1) is 5.69 Å². The van der Waals surface area contributed by atoms with E-state index in [0.29, 0.717) is 0 Å². The monoisotopic (exact) mass is 255 g/mol. The predicted molar refractivity (Wildman–Crippen MR) is 77.6 cm³/mol. The maximum Gasteiger partial charge on any atom is 0.197 e. The van der Waals surface area contributed by atoms with E-state index in [2.05, 4.69) is 53.7 Å². The quantitative estimate of drug-likeness (QED) is 0.544. The standard InChI is InChI=1S/C14H13N3S/c1-9-2-3-11-7-12(5-4-10(11)6-9)13-8-18-14(16-13)17-15/h2-8H,15H2,1H3,(H,16,17). The Morgan fingerprint density at radius 2 is 1.89 bits per heavy atom. The number of aryl methyl sites for hydroxylation is 1. The maximum atomic E-state index is 5.35. The molecule has 1 heterocycles. The minimum atomic E-state index is 0.731. The summed E-state index contributed by atoms with van der Waals surface area (Å²) in [5, 5.41) is 5.22. The van der Waals surface area contributed by atoms with Crippen molar-refractivity contribution in [1.29, 1.82) is 0 Å². The summed E-state index contributed by atoms with van der Waals surface area (Å²) in [6.45, 7) is 2.10. The first kappa shape index (κ1) is 11.2. The van der Waals surface area contributed by atoms with Crippen LogP contribution in [0.1, 0.15) is 5.56 Å². The van der Waals surface area contributed by atoms with Crippen LogP contribution in [0.25, 0.3) is 22.0 Å². The lowest BCUT2D eigenvalue weighted by Crippen LogP contribution is -2.05. The fourth-order valence-corrected chi connectivity index (χ4v) is 2.63. The van der Waals surface area contributed by atoms with Crippen LogP contribution in [0.15, 0.2) is 41.8 Å². The first-order chi connectivity index (χ1) is 8.76. The largest absolute Gasteiger partial charge is 0.300 e. The van der Waals surface area contributed by atoms with Crippen LogP contribution in [-0.2, 0) is 0 Å². The van der Waals surface area contributed by atoms with Gasteiger partial charge >= 0.3 is 0 Å². The lowest BCUT2D eigenvalue weighted by atomic mass is 10.0. The molecule has 0 fully saturated rings. The summed E-state index contributed by atoms with van der Waals surface area (Å²) in [4.78, 5) is 4.41. The van der Waals surface area contributed by atoms with E-state index >= 15 is 0 Å². The van der Waals surface area contributed by atoms with E-state index < -0.39 is 0 Å². The number of hydrogen-bond acceptors (Lipinski definition) is 4. The molecular formula is C14H13N3S. The Morgan fingerprint density at radius 3 is 2.67 bits per heavy atom. The van der Waals surface area contributed by atoms with Gasteiger partial charge in [0, 0.05) is 10.9 Å². The van der Waals surface area contributed by atoms with Gasteiger partial charge in [-0.1, -0.05) is 35.9 Å².